The lowest BCUT2D eigenvalue weighted by molar-refractivity contribution is -0.141. The molecule has 3 atom stereocenters. The number of carbonyl (C=O) groups is 1. The van der Waals surface area contributed by atoms with Crippen LogP contribution in [-0.2, 0) is 20.9 Å². The van der Waals surface area contributed by atoms with Crippen LogP contribution in [0.25, 0.3) is 0 Å². The van der Waals surface area contributed by atoms with E-state index in [2.05, 4.69) is 5.32 Å². The number of ether oxygens (including phenoxy) is 6. The van der Waals surface area contributed by atoms with Crippen LogP contribution in [0.1, 0.15) is 11.1 Å². The van der Waals surface area contributed by atoms with Crippen molar-refractivity contribution in [3.63, 3.8) is 0 Å². The molecule has 2 N–H and O–H groups in total. The highest BCUT2D eigenvalue weighted by Crippen LogP contribution is 2.56. The maximum Gasteiger partial charge on any atom is 0.330 e. The number of hydrogen-bond donors (Lipinski definition) is 2. The lowest BCUT2D eigenvalue weighted by Gasteiger charge is -2.31. The molecule has 3 aromatic rings. The molecular weight excluding hydrogens is 486 g/mol. The van der Waals surface area contributed by atoms with Gasteiger partial charge in [-0.3, -0.25) is 0 Å². The Labute approximate surface area is 211 Å². The number of benzene rings is 3. The van der Waals surface area contributed by atoms with Gasteiger partial charge in [0, 0.05) is 35.7 Å². The van der Waals surface area contributed by atoms with E-state index in [1.807, 2.05) is 42.5 Å². The number of methoxy groups -OCH3 is 2. The molecule has 0 saturated carbocycles. The van der Waals surface area contributed by atoms with E-state index >= 15 is 0 Å². The van der Waals surface area contributed by atoms with Gasteiger partial charge in [-0.1, -0.05) is 23.9 Å². The minimum Gasteiger partial charge on any atom is -0.497 e. The zero-order chi connectivity index (χ0) is 24.9. The average Bonchev–Trinajstić information content (AvgIpc) is 3.58. The summed E-state index contributed by atoms with van der Waals surface area (Å²) >= 11 is 1.30. The molecular formula is C26H23NO8S. The van der Waals surface area contributed by atoms with E-state index in [4.69, 9.17) is 28.4 Å². The number of thioether (sulfide) groups is 1. The van der Waals surface area contributed by atoms with Crippen LogP contribution >= 0.6 is 11.8 Å². The highest BCUT2D eigenvalue weighted by Gasteiger charge is 2.53. The Hall–Kier alpha value is -3.76. The summed E-state index contributed by atoms with van der Waals surface area (Å²) in [6, 6.07) is 15.7. The zero-order valence-electron chi connectivity index (χ0n) is 19.5. The molecule has 0 aromatic heterocycles. The van der Waals surface area contributed by atoms with Gasteiger partial charge in [0.25, 0.3) is 0 Å². The molecule has 3 heterocycles. The minimum absolute atomic E-state index is 0.214. The van der Waals surface area contributed by atoms with Gasteiger partial charge in [0.1, 0.15) is 5.75 Å². The first-order valence-corrected chi connectivity index (χ1v) is 12.1. The first-order valence-electron chi connectivity index (χ1n) is 11.3. The summed E-state index contributed by atoms with van der Waals surface area (Å²) < 4.78 is 34.3. The van der Waals surface area contributed by atoms with Crippen LogP contribution in [0.5, 0.6) is 28.7 Å². The standard InChI is InChI=1S/C26H23NO8S/c1-30-15-4-3-5-16(10-15)36-26(31-2)17-11-21-22(12-18(17)27-24(26)25(28)29)35-23(34-21)9-14-6-7-19-20(8-14)33-13-32-19/h3-8,10-12,23-24,27H,9,13H2,1-2H3,(H,28,29). The third-order valence-electron chi connectivity index (χ3n) is 6.36. The molecule has 3 aliphatic rings. The number of carboxylic acids is 1. The Bertz CT molecular complexity index is 1350. The first-order chi connectivity index (χ1) is 17.5. The second-order valence-electron chi connectivity index (χ2n) is 8.47. The van der Waals surface area contributed by atoms with Gasteiger partial charge in [0.15, 0.2) is 34.0 Å². The maximum absolute atomic E-state index is 12.3. The second-order valence-corrected chi connectivity index (χ2v) is 9.75. The first kappa shape index (κ1) is 22.7. The topological polar surface area (TPSA) is 105 Å². The molecule has 9 nitrogen and oxygen atoms in total. The summed E-state index contributed by atoms with van der Waals surface area (Å²) in [6.45, 7) is 0.214. The molecule has 6 rings (SSSR count). The molecule has 0 spiro atoms. The Balaban J connectivity index is 1.30. The molecule has 186 valence electrons. The van der Waals surface area contributed by atoms with Crippen molar-refractivity contribution < 1.29 is 38.3 Å². The summed E-state index contributed by atoms with van der Waals surface area (Å²) in [4.78, 5) is 11.8. The number of fused-ring (bicyclic) bond motifs is 3. The van der Waals surface area contributed by atoms with Crippen LogP contribution in [0.2, 0.25) is 0 Å². The number of nitrogens with one attached hydrogen (secondary N) is 1. The molecule has 3 aromatic carbocycles. The highest BCUT2D eigenvalue weighted by molar-refractivity contribution is 8.00. The Morgan fingerprint density at radius 2 is 1.86 bits per heavy atom. The summed E-state index contributed by atoms with van der Waals surface area (Å²) in [5.74, 6) is 2.11. The molecule has 10 heteroatoms. The molecule has 0 saturated heterocycles. The highest BCUT2D eigenvalue weighted by atomic mass is 32.2. The maximum atomic E-state index is 12.3. The lowest BCUT2D eigenvalue weighted by Crippen LogP contribution is -2.43. The van der Waals surface area contributed by atoms with E-state index in [9.17, 15) is 9.90 Å². The Morgan fingerprint density at radius 1 is 1.06 bits per heavy atom. The van der Waals surface area contributed by atoms with Crippen LogP contribution in [0.3, 0.4) is 0 Å². The monoisotopic (exact) mass is 509 g/mol. The van der Waals surface area contributed by atoms with Gasteiger partial charge in [0.05, 0.1) is 7.11 Å². The van der Waals surface area contributed by atoms with E-state index in [1.165, 1.54) is 18.9 Å². The van der Waals surface area contributed by atoms with Gasteiger partial charge in [-0.15, -0.1) is 0 Å². The normalized spacial score (nSPS) is 22.7. The van der Waals surface area contributed by atoms with Crippen molar-refractivity contribution in [2.45, 2.75) is 28.6 Å². The SMILES string of the molecule is COc1cccc(SC2(OC)c3cc4c(cc3NC2C(=O)O)OC(Cc2ccc3c(c2)OCO3)O4)c1. The number of aliphatic carboxylic acids is 1. The van der Waals surface area contributed by atoms with Gasteiger partial charge in [0.2, 0.25) is 13.1 Å². The largest absolute Gasteiger partial charge is 0.497 e. The zero-order valence-corrected chi connectivity index (χ0v) is 20.3. The predicted octanol–water partition coefficient (Wildman–Crippen LogP) is 4.23. The fraction of sp³-hybridized carbons (Fsp3) is 0.269. The van der Waals surface area contributed by atoms with Gasteiger partial charge >= 0.3 is 5.97 Å². The Morgan fingerprint density at radius 3 is 2.64 bits per heavy atom. The molecule has 3 unspecified atom stereocenters. The van der Waals surface area contributed by atoms with Crippen molar-refractivity contribution in [1.82, 2.24) is 0 Å². The van der Waals surface area contributed by atoms with E-state index in [0.717, 1.165) is 16.2 Å². The fourth-order valence-corrected chi connectivity index (χ4v) is 5.97. The quantitative estimate of drug-likeness (QED) is 0.450. The number of carboxylic acid groups (broad SMARTS) is 1. The van der Waals surface area contributed by atoms with Crippen LogP contribution in [0, 0.1) is 0 Å². The van der Waals surface area contributed by atoms with E-state index in [0.29, 0.717) is 40.7 Å². The molecule has 3 aliphatic heterocycles. The molecule has 0 bridgehead atoms. The van der Waals surface area contributed by atoms with Crippen LogP contribution < -0.4 is 29.0 Å². The van der Waals surface area contributed by atoms with E-state index in [1.54, 1.807) is 19.2 Å². The smallest absolute Gasteiger partial charge is 0.330 e. The average molecular weight is 510 g/mol. The Kier molecular flexibility index (Phi) is 5.50. The molecule has 36 heavy (non-hydrogen) atoms. The third-order valence-corrected chi connectivity index (χ3v) is 7.77. The van der Waals surface area contributed by atoms with Gasteiger partial charge in [-0.05, 0) is 42.0 Å². The summed E-state index contributed by atoms with van der Waals surface area (Å²) in [5.41, 5.74) is 2.26. The number of anilines is 1. The van der Waals surface area contributed by atoms with E-state index < -0.39 is 23.2 Å². The fourth-order valence-electron chi connectivity index (χ4n) is 4.66. The predicted molar refractivity (Wildman–Crippen MR) is 130 cm³/mol. The summed E-state index contributed by atoms with van der Waals surface area (Å²) in [7, 11) is 3.09. The minimum atomic E-state index is -1.25. The van der Waals surface area contributed by atoms with Crippen molar-refractivity contribution >= 4 is 23.4 Å². The molecule has 0 radical (unpaired) electrons. The van der Waals surface area contributed by atoms with Gasteiger partial charge < -0.3 is 38.8 Å². The van der Waals surface area contributed by atoms with Crippen LogP contribution in [0.4, 0.5) is 5.69 Å². The number of hydrogen-bond acceptors (Lipinski definition) is 9. The van der Waals surface area contributed by atoms with Crippen molar-refractivity contribution in [2.24, 2.45) is 0 Å². The van der Waals surface area contributed by atoms with Crippen molar-refractivity contribution in [3.8, 4) is 28.7 Å². The van der Waals surface area contributed by atoms with E-state index in [-0.39, 0.29) is 6.79 Å². The summed E-state index contributed by atoms with van der Waals surface area (Å²) in [6.07, 6.45) is -0.0454. The molecule has 0 aliphatic carbocycles. The number of rotatable bonds is 7. The second kappa shape index (κ2) is 8.72. The lowest BCUT2D eigenvalue weighted by atomic mass is 10.0. The van der Waals surface area contributed by atoms with Crippen LogP contribution in [0.15, 0.2) is 59.5 Å². The molecule has 0 fully saturated rings. The third kappa shape index (κ3) is 3.73. The van der Waals surface area contributed by atoms with Crippen molar-refractivity contribution in [3.05, 3.63) is 65.7 Å². The van der Waals surface area contributed by atoms with Crippen molar-refractivity contribution in [1.29, 1.82) is 0 Å². The van der Waals surface area contributed by atoms with Gasteiger partial charge in [-0.25, -0.2) is 4.79 Å². The molecule has 0 amide bonds. The summed E-state index contributed by atoms with van der Waals surface area (Å²) in [5, 5.41) is 13.2. The van der Waals surface area contributed by atoms with Crippen molar-refractivity contribution in [2.75, 3.05) is 26.3 Å². The van der Waals surface area contributed by atoms with Gasteiger partial charge in [-0.2, -0.15) is 0 Å². The van der Waals surface area contributed by atoms with Crippen LogP contribution in [-0.4, -0.2) is 44.4 Å².